The van der Waals surface area contributed by atoms with E-state index in [9.17, 15) is 14.4 Å². The molecule has 0 bridgehead atoms. The molecule has 0 amide bonds. The predicted octanol–water partition coefficient (Wildman–Crippen LogP) is 4.18. The van der Waals surface area contributed by atoms with Crippen LogP contribution in [0.2, 0.25) is 0 Å². The molecule has 2 aromatic rings. The van der Waals surface area contributed by atoms with Crippen LogP contribution in [0.4, 0.5) is 0 Å². The molecule has 156 valence electrons. The number of rotatable bonds is 9. The second-order valence-corrected chi connectivity index (χ2v) is 7.32. The van der Waals surface area contributed by atoms with Crippen LogP contribution in [-0.4, -0.2) is 29.2 Å². The number of carbonyl (C=O) groups excluding carboxylic acids is 2. The van der Waals surface area contributed by atoms with Crippen LogP contribution in [0, 0.1) is 0 Å². The molecule has 0 fully saturated rings. The third kappa shape index (κ3) is 8.00. The zero-order chi connectivity index (χ0) is 21.9. The third-order valence-electron chi connectivity index (χ3n) is 4.79. The Hall–Kier alpha value is -2.79. The van der Waals surface area contributed by atoms with E-state index in [0.29, 0.717) is 12.0 Å². The highest BCUT2D eigenvalue weighted by atomic mass is 16.4. The summed E-state index contributed by atoms with van der Waals surface area (Å²) in [5.41, 5.74) is 7.45. The van der Waals surface area contributed by atoms with Crippen molar-refractivity contribution in [3.63, 3.8) is 0 Å². The SMILES string of the molecule is CCC(=O)C(C)(C)c1ccc(C(=O)CCC(=O)O)cc1.NCCc1ccccc1. The van der Waals surface area contributed by atoms with Crippen LogP contribution in [0.25, 0.3) is 0 Å². The number of carboxylic acid groups (broad SMARTS) is 1. The maximum Gasteiger partial charge on any atom is 0.303 e. The van der Waals surface area contributed by atoms with E-state index >= 15 is 0 Å². The highest BCUT2D eigenvalue weighted by molar-refractivity contribution is 5.97. The highest BCUT2D eigenvalue weighted by Gasteiger charge is 2.27. The van der Waals surface area contributed by atoms with Crippen molar-refractivity contribution in [3.8, 4) is 0 Å². The van der Waals surface area contributed by atoms with Crippen molar-refractivity contribution in [2.24, 2.45) is 5.73 Å². The number of aliphatic carboxylic acids is 1. The molecular formula is C24H31NO4. The van der Waals surface area contributed by atoms with Gasteiger partial charge in [0.05, 0.1) is 6.42 Å². The van der Waals surface area contributed by atoms with E-state index < -0.39 is 11.4 Å². The molecule has 0 aromatic heterocycles. The van der Waals surface area contributed by atoms with Gasteiger partial charge in [-0.25, -0.2) is 0 Å². The first-order valence-corrected chi connectivity index (χ1v) is 9.85. The summed E-state index contributed by atoms with van der Waals surface area (Å²) in [6.07, 6.45) is 1.28. The Morgan fingerprint density at radius 3 is 2.00 bits per heavy atom. The van der Waals surface area contributed by atoms with Gasteiger partial charge >= 0.3 is 5.97 Å². The molecule has 0 aliphatic rings. The van der Waals surface area contributed by atoms with Gasteiger partial charge in [0.15, 0.2) is 5.78 Å². The van der Waals surface area contributed by atoms with Gasteiger partial charge < -0.3 is 10.8 Å². The number of carbonyl (C=O) groups is 3. The summed E-state index contributed by atoms with van der Waals surface area (Å²) in [7, 11) is 0. The van der Waals surface area contributed by atoms with Crippen molar-refractivity contribution in [1.29, 1.82) is 0 Å². The van der Waals surface area contributed by atoms with Gasteiger partial charge in [-0.1, -0.05) is 61.5 Å². The Morgan fingerprint density at radius 1 is 0.931 bits per heavy atom. The van der Waals surface area contributed by atoms with Gasteiger partial charge in [-0.3, -0.25) is 14.4 Å². The van der Waals surface area contributed by atoms with Crippen LogP contribution in [0.5, 0.6) is 0 Å². The predicted molar refractivity (Wildman–Crippen MR) is 115 cm³/mol. The quantitative estimate of drug-likeness (QED) is 0.619. The Labute approximate surface area is 172 Å². The smallest absolute Gasteiger partial charge is 0.303 e. The summed E-state index contributed by atoms with van der Waals surface area (Å²) in [4.78, 5) is 34.1. The van der Waals surface area contributed by atoms with Gasteiger partial charge in [0, 0.05) is 23.8 Å². The van der Waals surface area contributed by atoms with Crippen LogP contribution >= 0.6 is 0 Å². The molecule has 5 nitrogen and oxygen atoms in total. The zero-order valence-corrected chi connectivity index (χ0v) is 17.5. The fourth-order valence-corrected chi connectivity index (χ4v) is 2.85. The molecule has 2 rings (SSSR count). The summed E-state index contributed by atoms with van der Waals surface area (Å²) < 4.78 is 0. The average molecular weight is 398 g/mol. The van der Waals surface area contributed by atoms with Crippen molar-refractivity contribution in [3.05, 3.63) is 71.3 Å². The summed E-state index contributed by atoms with van der Waals surface area (Å²) in [5.74, 6) is -1.04. The normalized spacial score (nSPS) is 10.6. The van der Waals surface area contributed by atoms with E-state index in [1.54, 1.807) is 24.3 Å². The maximum absolute atomic E-state index is 11.9. The van der Waals surface area contributed by atoms with Crippen molar-refractivity contribution < 1.29 is 19.5 Å². The van der Waals surface area contributed by atoms with Crippen LogP contribution in [0.3, 0.4) is 0 Å². The first-order chi connectivity index (χ1) is 13.7. The second-order valence-electron chi connectivity index (χ2n) is 7.32. The average Bonchev–Trinajstić information content (AvgIpc) is 2.73. The molecule has 0 saturated carbocycles. The number of carboxylic acids is 1. The lowest BCUT2D eigenvalue weighted by Crippen LogP contribution is -2.28. The molecule has 0 aliphatic carbocycles. The lowest BCUT2D eigenvalue weighted by molar-refractivity contribution is -0.137. The number of ketones is 2. The molecule has 0 spiro atoms. The van der Waals surface area contributed by atoms with Gasteiger partial charge in [0.1, 0.15) is 5.78 Å². The molecule has 0 unspecified atom stereocenters. The first kappa shape index (κ1) is 24.2. The number of nitrogens with two attached hydrogens (primary N) is 1. The monoisotopic (exact) mass is 397 g/mol. The Balaban J connectivity index is 0.000000387. The van der Waals surface area contributed by atoms with Gasteiger partial charge in [0.25, 0.3) is 0 Å². The molecule has 2 aromatic carbocycles. The van der Waals surface area contributed by atoms with Crippen LogP contribution in [0.1, 0.15) is 61.5 Å². The fraction of sp³-hybridized carbons (Fsp3) is 0.375. The first-order valence-electron chi connectivity index (χ1n) is 9.85. The molecule has 0 atom stereocenters. The van der Waals surface area contributed by atoms with Gasteiger partial charge in [0.2, 0.25) is 0 Å². The third-order valence-corrected chi connectivity index (χ3v) is 4.79. The lowest BCUT2D eigenvalue weighted by Gasteiger charge is -2.23. The molecule has 0 aliphatic heterocycles. The van der Waals surface area contributed by atoms with Crippen molar-refractivity contribution in [2.45, 2.75) is 51.9 Å². The van der Waals surface area contributed by atoms with Crippen molar-refractivity contribution >= 4 is 17.5 Å². The molecule has 0 saturated heterocycles. The van der Waals surface area contributed by atoms with Crippen LogP contribution in [0.15, 0.2) is 54.6 Å². The number of hydrogen-bond acceptors (Lipinski definition) is 4. The standard InChI is InChI=1S/C16H20O4.C8H11N/c1-4-14(18)16(2,3)12-7-5-11(6-8-12)13(17)9-10-15(19)20;9-7-6-8-4-2-1-3-5-8/h5-8H,4,9-10H2,1-3H3,(H,19,20);1-5H,6-7,9H2. The van der Waals surface area contributed by atoms with Crippen molar-refractivity contribution in [2.75, 3.05) is 6.54 Å². The second kappa shape index (κ2) is 11.9. The number of hydrogen-bond donors (Lipinski definition) is 2. The Kier molecular flexibility index (Phi) is 9.97. The molecule has 3 N–H and O–H groups in total. The minimum absolute atomic E-state index is 0.00797. The van der Waals surface area contributed by atoms with E-state index in [2.05, 4.69) is 12.1 Å². The summed E-state index contributed by atoms with van der Waals surface area (Å²) in [6, 6.07) is 17.1. The topological polar surface area (TPSA) is 97.5 Å². The molecule has 0 heterocycles. The number of Topliss-reactive ketones (excluding diaryl/α,β-unsaturated/α-hetero) is 2. The minimum atomic E-state index is -0.982. The van der Waals surface area contributed by atoms with Gasteiger partial charge in [-0.2, -0.15) is 0 Å². The lowest BCUT2D eigenvalue weighted by atomic mass is 9.79. The van der Waals surface area contributed by atoms with Crippen LogP contribution in [-0.2, 0) is 21.4 Å². The summed E-state index contributed by atoms with van der Waals surface area (Å²) in [5, 5.41) is 8.56. The molecule has 0 radical (unpaired) electrons. The zero-order valence-electron chi connectivity index (χ0n) is 17.5. The molecule has 5 heteroatoms. The van der Waals surface area contributed by atoms with E-state index in [0.717, 1.165) is 18.5 Å². The van der Waals surface area contributed by atoms with E-state index in [4.69, 9.17) is 10.8 Å². The van der Waals surface area contributed by atoms with Gasteiger partial charge in [-0.05, 0) is 37.9 Å². The Morgan fingerprint density at radius 2 is 1.52 bits per heavy atom. The van der Waals surface area contributed by atoms with Crippen molar-refractivity contribution in [1.82, 2.24) is 0 Å². The summed E-state index contributed by atoms with van der Waals surface area (Å²) in [6.45, 7) is 6.29. The molecule has 29 heavy (non-hydrogen) atoms. The fourth-order valence-electron chi connectivity index (χ4n) is 2.85. The van der Waals surface area contributed by atoms with E-state index in [1.165, 1.54) is 5.56 Å². The number of benzene rings is 2. The highest BCUT2D eigenvalue weighted by Crippen LogP contribution is 2.26. The van der Waals surface area contributed by atoms with E-state index in [1.807, 2.05) is 39.0 Å². The minimum Gasteiger partial charge on any atom is -0.481 e. The van der Waals surface area contributed by atoms with Gasteiger partial charge in [-0.15, -0.1) is 0 Å². The van der Waals surface area contributed by atoms with Crippen LogP contribution < -0.4 is 5.73 Å². The summed E-state index contributed by atoms with van der Waals surface area (Å²) >= 11 is 0. The largest absolute Gasteiger partial charge is 0.481 e. The Bertz CT molecular complexity index is 795. The maximum atomic E-state index is 11.9. The van der Waals surface area contributed by atoms with E-state index in [-0.39, 0.29) is 24.4 Å². The molecular weight excluding hydrogens is 366 g/mol.